The second kappa shape index (κ2) is 6.80. The number of rotatable bonds is 5. The maximum atomic E-state index is 11.7. The average molecular weight is 281 g/mol. The van der Waals surface area contributed by atoms with Crippen LogP contribution in [0.15, 0.2) is 14.7 Å². The number of carbonyl (C=O) groups excluding carboxylic acids is 1. The van der Waals surface area contributed by atoms with Crippen LogP contribution < -0.4 is 22.4 Å². The summed E-state index contributed by atoms with van der Waals surface area (Å²) < 4.78 is 0. The molecule has 0 aliphatic heterocycles. The molecule has 0 aromatic carbocycles. The van der Waals surface area contributed by atoms with Crippen LogP contribution in [0.5, 0.6) is 0 Å². The summed E-state index contributed by atoms with van der Waals surface area (Å²) in [7, 11) is 0. The first-order valence-electron chi connectivity index (χ1n) is 6.28. The Labute approximate surface area is 115 Å². The quantitative estimate of drug-likeness (QED) is 0.415. The first-order valence-corrected chi connectivity index (χ1v) is 6.28. The molecule has 0 bridgehead atoms. The van der Waals surface area contributed by atoms with Crippen molar-refractivity contribution in [2.75, 3.05) is 0 Å². The predicted molar refractivity (Wildman–Crippen MR) is 75.6 cm³/mol. The molecule has 1 heterocycles. The van der Waals surface area contributed by atoms with E-state index >= 15 is 0 Å². The number of nitrogens with one attached hydrogen (secondary N) is 3. The summed E-state index contributed by atoms with van der Waals surface area (Å²) in [6, 6.07) is -0.660. The van der Waals surface area contributed by atoms with Crippen molar-refractivity contribution in [3.05, 3.63) is 32.1 Å². The Morgan fingerprint density at radius 3 is 2.65 bits per heavy atom. The number of aromatic amines is 2. The molecular formula is C12H19N5O3. The molecule has 8 heteroatoms. The lowest BCUT2D eigenvalue weighted by Crippen LogP contribution is -2.42. The van der Waals surface area contributed by atoms with Crippen LogP contribution in [0.1, 0.15) is 31.5 Å². The third-order valence-corrected chi connectivity index (χ3v) is 3.10. The summed E-state index contributed by atoms with van der Waals surface area (Å²) in [6.07, 6.45) is 1.95. The van der Waals surface area contributed by atoms with Gasteiger partial charge in [0.1, 0.15) is 0 Å². The van der Waals surface area contributed by atoms with Gasteiger partial charge in [0.15, 0.2) is 0 Å². The van der Waals surface area contributed by atoms with E-state index in [1.54, 1.807) is 6.92 Å². The van der Waals surface area contributed by atoms with Gasteiger partial charge in [-0.05, 0) is 12.8 Å². The summed E-state index contributed by atoms with van der Waals surface area (Å²) in [5.41, 5.74) is 7.37. The number of hydrogen-bond acceptors (Lipinski definition) is 5. The molecule has 5 N–H and O–H groups in total. The van der Waals surface area contributed by atoms with Gasteiger partial charge in [-0.25, -0.2) is 10.2 Å². The van der Waals surface area contributed by atoms with Crippen LogP contribution in [-0.2, 0) is 4.79 Å². The lowest BCUT2D eigenvalue weighted by atomic mass is 10.00. The molecule has 110 valence electrons. The number of hydrogen-bond donors (Lipinski definition) is 4. The monoisotopic (exact) mass is 281 g/mol. The van der Waals surface area contributed by atoms with Crippen molar-refractivity contribution in [3.63, 3.8) is 0 Å². The van der Waals surface area contributed by atoms with Gasteiger partial charge >= 0.3 is 5.69 Å². The highest BCUT2D eigenvalue weighted by atomic mass is 16.2. The Morgan fingerprint density at radius 1 is 1.45 bits per heavy atom. The molecular weight excluding hydrogens is 262 g/mol. The molecule has 0 spiro atoms. The van der Waals surface area contributed by atoms with Gasteiger partial charge in [0, 0.05) is 5.69 Å². The van der Waals surface area contributed by atoms with Crippen LogP contribution >= 0.6 is 0 Å². The summed E-state index contributed by atoms with van der Waals surface area (Å²) in [5, 5.41) is 3.68. The number of nitrogens with zero attached hydrogens (tertiary/aromatic N) is 1. The fourth-order valence-electron chi connectivity index (χ4n) is 1.51. The Kier molecular flexibility index (Phi) is 5.39. The Balaban J connectivity index is 2.78. The van der Waals surface area contributed by atoms with Crippen LogP contribution in [0.3, 0.4) is 0 Å². The van der Waals surface area contributed by atoms with Crippen molar-refractivity contribution < 1.29 is 4.79 Å². The average Bonchev–Trinajstić information content (AvgIpc) is 2.39. The van der Waals surface area contributed by atoms with Crippen LogP contribution in [0.25, 0.3) is 0 Å². The molecule has 0 saturated heterocycles. The molecule has 1 aromatic heterocycles. The molecule has 0 fully saturated rings. The van der Waals surface area contributed by atoms with Crippen molar-refractivity contribution in [3.8, 4) is 0 Å². The Hall–Kier alpha value is -2.22. The van der Waals surface area contributed by atoms with Crippen molar-refractivity contribution in [2.45, 2.75) is 33.2 Å². The van der Waals surface area contributed by atoms with E-state index in [0.29, 0.717) is 5.69 Å². The zero-order valence-corrected chi connectivity index (χ0v) is 11.7. The second-order valence-electron chi connectivity index (χ2n) is 4.59. The first kappa shape index (κ1) is 15.8. The van der Waals surface area contributed by atoms with Gasteiger partial charge in [-0.1, -0.05) is 20.3 Å². The lowest BCUT2D eigenvalue weighted by molar-refractivity contribution is -0.123. The normalized spacial score (nSPS) is 14.2. The fraction of sp³-hybridized carbons (Fsp3) is 0.500. The first-order chi connectivity index (χ1) is 9.36. The summed E-state index contributed by atoms with van der Waals surface area (Å²) in [5.74, 6) is -0.391. The molecule has 1 rings (SSSR count). The van der Waals surface area contributed by atoms with Crippen LogP contribution in [0, 0.1) is 12.8 Å². The Bertz CT molecular complexity index is 616. The van der Waals surface area contributed by atoms with Crippen molar-refractivity contribution in [1.82, 2.24) is 15.4 Å². The minimum atomic E-state index is -0.660. The maximum absolute atomic E-state index is 11.7. The predicted octanol–water partition coefficient (Wildman–Crippen LogP) is -0.805. The topological polar surface area (TPSA) is 133 Å². The van der Waals surface area contributed by atoms with Crippen LogP contribution in [-0.4, -0.2) is 28.1 Å². The zero-order chi connectivity index (χ0) is 15.3. The van der Waals surface area contributed by atoms with E-state index in [1.165, 1.54) is 6.21 Å². The SMILES string of the molecule is CC[C@@H](C)[C@H](N)C(=O)N/N=C\c1c(C)[nH]c(=O)[nH]c1=O. The van der Waals surface area contributed by atoms with Gasteiger partial charge < -0.3 is 10.7 Å². The van der Waals surface area contributed by atoms with Gasteiger partial charge in [0.25, 0.3) is 11.5 Å². The maximum Gasteiger partial charge on any atom is 0.325 e. The van der Waals surface area contributed by atoms with E-state index in [4.69, 9.17) is 5.73 Å². The van der Waals surface area contributed by atoms with Crippen molar-refractivity contribution in [1.29, 1.82) is 0 Å². The highest BCUT2D eigenvalue weighted by Gasteiger charge is 2.18. The molecule has 0 aliphatic rings. The number of nitrogens with two attached hydrogens (primary N) is 1. The molecule has 1 amide bonds. The van der Waals surface area contributed by atoms with Gasteiger partial charge in [-0.15, -0.1) is 0 Å². The van der Waals surface area contributed by atoms with Crippen LogP contribution in [0.2, 0.25) is 0 Å². The van der Waals surface area contributed by atoms with Gasteiger partial charge in [0.2, 0.25) is 0 Å². The summed E-state index contributed by atoms with van der Waals surface area (Å²) in [4.78, 5) is 38.7. The van der Waals surface area contributed by atoms with Gasteiger partial charge in [-0.2, -0.15) is 5.10 Å². The van der Waals surface area contributed by atoms with E-state index < -0.39 is 23.2 Å². The second-order valence-corrected chi connectivity index (χ2v) is 4.59. The number of aryl methyl sites for hydroxylation is 1. The molecule has 1 aromatic rings. The highest BCUT2D eigenvalue weighted by Crippen LogP contribution is 2.04. The number of H-pyrrole nitrogens is 2. The van der Waals surface area contributed by atoms with Gasteiger partial charge in [0.05, 0.1) is 17.8 Å². The van der Waals surface area contributed by atoms with Crippen molar-refractivity contribution >= 4 is 12.1 Å². The molecule has 8 nitrogen and oxygen atoms in total. The van der Waals surface area contributed by atoms with E-state index in [2.05, 4.69) is 20.5 Å². The van der Waals surface area contributed by atoms with E-state index in [-0.39, 0.29) is 11.5 Å². The summed E-state index contributed by atoms with van der Waals surface area (Å²) in [6.45, 7) is 5.36. The minimum Gasteiger partial charge on any atom is -0.320 e. The van der Waals surface area contributed by atoms with Crippen LogP contribution in [0.4, 0.5) is 0 Å². The van der Waals surface area contributed by atoms with E-state index in [1.807, 2.05) is 13.8 Å². The standard InChI is InChI=1S/C12H19N5O3/c1-4-6(2)9(13)11(19)17-14-5-8-7(3)15-12(20)16-10(8)18/h5-6,9H,4,13H2,1-3H3,(H,17,19)(H2,15,16,18,20)/b14-5-/t6-,9+/m1/s1. The largest absolute Gasteiger partial charge is 0.325 e. The lowest BCUT2D eigenvalue weighted by Gasteiger charge is -2.15. The number of amides is 1. The molecule has 0 saturated carbocycles. The third kappa shape index (κ3) is 3.89. The highest BCUT2D eigenvalue weighted by molar-refractivity contribution is 5.85. The smallest absolute Gasteiger partial charge is 0.320 e. The van der Waals surface area contributed by atoms with Crippen molar-refractivity contribution in [2.24, 2.45) is 16.8 Å². The zero-order valence-electron chi connectivity index (χ0n) is 11.7. The summed E-state index contributed by atoms with van der Waals surface area (Å²) >= 11 is 0. The molecule has 0 aliphatic carbocycles. The molecule has 20 heavy (non-hydrogen) atoms. The number of aromatic nitrogens is 2. The number of carbonyl (C=O) groups is 1. The van der Waals surface area contributed by atoms with Gasteiger partial charge in [-0.3, -0.25) is 14.6 Å². The number of hydrazone groups is 1. The molecule has 0 unspecified atom stereocenters. The fourth-order valence-corrected chi connectivity index (χ4v) is 1.51. The third-order valence-electron chi connectivity index (χ3n) is 3.10. The van der Waals surface area contributed by atoms with E-state index in [0.717, 1.165) is 6.42 Å². The molecule has 0 radical (unpaired) electrons. The molecule has 2 atom stereocenters. The van der Waals surface area contributed by atoms with E-state index in [9.17, 15) is 14.4 Å². The Morgan fingerprint density at radius 2 is 2.10 bits per heavy atom. The minimum absolute atomic E-state index is 0.0309.